The number of ether oxygens (including phenoxy) is 2. The SMILES string of the molecule is Cc1cc(=O)oc2cc(O[C@@H]3OC(CO)[C@H](O)C(O)C3O)ccc12. The van der Waals surface area contributed by atoms with Gasteiger partial charge in [0.05, 0.1) is 6.61 Å². The lowest BCUT2D eigenvalue weighted by Crippen LogP contribution is -2.60. The van der Waals surface area contributed by atoms with E-state index in [0.717, 1.165) is 10.9 Å². The Balaban J connectivity index is 1.87. The molecule has 4 N–H and O–H groups in total. The molecule has 130 valence electrons. The fourth-order valence-electron chi connectivity index (χ4n) is 2.68. The van der Waals surface area contributed by atoms with Gasteiger partial charge in [-0.25, -0.2) is 4.79 Å². The minimum atomic E-state index is -1.53. The molecule has 3 unspecified atom stereocenters. The number of aliphatic hydroxyl groups is 4. The standard InChI is InChI=1S/C16H18O8/c1-7-4-12(18)23-10-5-8(2-3-9(7)10)22-16-15(21)14(20)13(19)11(6-17)24-16/h2-5,11,13-17,19-21H,6H2,1H3/t11?,13-,14?,15?,16+/m0/s1. The van der Waals surface area contributed by atoms with Crippen molar-refractivity contribution in [2.45, 2.75) is 37.6 Å². The summed E-state index contributed by atoms with van der Waals surface area (Å²) in [5.74, 6) is 0.237. The first-order valence-corrected chi connectivity index (χ1v) is 7.42. The normalized spacial score (nSPS) is 30.5. The van der Waals surface area contributed by atoms with E-state index in [2.05, 4.69) is 0 Å². The van der Waals surface area contributed by atoms with Crippen molar-refractivity contribution in [2.75, 3.05) is 6.61 Å². The van der Waals surface area contributed by atoms with Gasteiger partial charge in [0.2, 0.25) is 6.29 Å². The summed E-state index contributed by atoms with van der Waals surface area (Å²) in [6.45, 7) is 1.23. The van der Waals surface area contributed by atoms with Gasteiger partial charge < -0.3 is 34.3 Å². The summed E-state index contributed by atoms with van der Waals surface area (Å²) in [7, 11) is 0. The van der Waals surface area contributed by atoms with E-state index in [0.29, 0.717) is 5.58 Å². The van der Waals surface area contributed by atoms with Gasteiger partial charge in [0.25, 0.3) is 0 Å². The first kappa shape index (κ1) is 16.9. The molecular formula is C16H18O8. The Hall–Kier alpha value is -1.97. The molecule has 24 heavy (non-hydrogen) atoms. The van der Waals surface area contributed by atoms with Gasteiger partial charge in [-0.05, 0) is 24.6 Å². The molecule has 2 aromatic rings. The lowest BCUT2D eigenvalue weighted by atomic mass is 9.99. The highest BCUT2D eigenvalue weighted by Crippen LogP contribution is 2.27. The monoisotopic (exact) mass is 338 g/mol. The van der Waals surface area contributed by atoms with Crippen LogP contribution in [0, 0.1) is 6.92 Å². The van der Waals surface area contributed by atoms with Gasteiger partial charge >= 0.3 is 5.63 Å². The number of aliphatic hydroxyl groups excluding tert-OH is 4. The van der Waals surface area contributed by atoms with E-state index in [-0.39, 0.29) is 5.75 Å². The maximum absolute atomic E-state index is 11.5. The summed E-state index contributed by atoms with van der Waals surface area (Å²) in [6, 6.07) is 6.12. The first-order valence-electron chi connectivity index (χ1n) is 7.42. The van der Waals surface area contributed by atoms with Crippen molar-refractivity contribution in [3.05, 3.63) is 40.2 Å². The van der Waals surface area contributed by atoms with Gasteiger partial charge in [-0.15, -0.1) is 0 Å². The number of fused-ring (bicyclic) bond motifs is 1. The fraction of sp³-hybridized carbons (Fsp3) is 0.438. The second-order valence-corrected chi connectivity index (χ2v) is 5.72. The molecular weight excluding hydrogens is 320 g/mol. The van der Waals surface area contributed by atoms with Crippen LogP contribution in [0.4, 0.5) is 0 Å². The maximum atomic E-state index is 11.5. The molecule has 1 aliphatic heterocycles. The number of hydrogen-bond donors (Lipinski definition) is 4. The molecule has 5 atom stereocenters. The third kappa shape index (κ3) is 3.02. The Labute approximate surface area is 136 Å². The van der Waals surface area contributed by atoms with Crippen molar-refractivity contribution >= 4 is 11.0 Å². The summed E-state index contributed by atoms with van der Waals surface area (Å²) in [6.07, 6.45) is -6.85. The molecule has 0 saturated carbocycles. The molecule has 0 amide bonds. The predicted molar refractivity (Wildman–Crippen MR) is 81.6 cm³/mol. The van der Waals surface area contributed by atoms with Crippen molar-refractivity contribution in [3.8, 4) is 5.75 Å². The molecule has 0 spiro atoms. The summed E-state index contributed by atoms with van der Waals surface area (Å²) >= 11 is 0. The second-order valence-electron chi connectivity index (χ2n) is 5.72. The average Bonchev–Trinajstić information content (AvgIpc) is 2.55. The van der Waals surface area contributed by atoms with Crippen LogP contribution in [0.1, 0.15) is 5.56 Å². The number of hydrogen-bond acceptors (Lipinski definition) is 8. The van der Waals surface area contributed by atoms with Crippen LogP contribution in [-0.2, 0) is 4.74 Å². The molecule has 1 aliphatic rings. The minimum Gasteiger partial charge on any atom is -0.462 e. The zero-order valence-electron chi connectivity index (χ0n) is 12.8. The minimum absolute atomic E-state index is 0.237. The molecule has 8 nitrogen and oxygen atoms in total. The van der Waals surface area contributed by atoms with E-state index in [9.17, 15) is 20.1 Å². The molecule has 0 radical (unpaired) electrons. The van der Waals surface area contributed by atoms with E-state index in [4.69, 9.17) is 19.0 Å². The van der Waals surface area contributed by atoms with E-state index in [1.165, 1.54) is 12.1 Å². The van der Waals surface area contributed by atoms with E-state index in [1.54, 1.807) is 19.1 Å². The van der Waals surface area contributed by atoms with Crippen LogP contribution < -0.4 is 10.4 Å². The Morgan fingerprint density at radius 2 is 1.88 bits per heavy atom. The van der Waals surface area contributed by atoms with Gasteiger partial charge in [-0.1, -0.05) is 0 Å². The Bertz CT molecular complexity index is 783. The lowest BCUT2D eigenvalue weighted by Gasteiger charge is -2.39. The van der Waals surface area contributed by atoms with Gasteiger partial charge in [0.1, 0.15) is 35.7 Å². The van der Waals surface area contributed by atoms with E-state index in [1.807, 2.05) is 0 Å². The molecule has 3 rings (SSSR count). The highest BCUT2D eigenvalue weighted by molar-refractivity contribution is 5.81. The van der Waals surface area contributed by atoms with Crippen molar-refractivity contribution in [3.63, 3.8) is 0 Å². The molecule has 8 heteroatoms. The van der Waals surface area contributed by atoms with Gasteiger partial charge in [0, 0.05) is 17.5 Å². The largest absolute Gasteiger partial charge is 0.462 e. The third-order valence-corrected chi connectivity index (χ3v) is 4.02. The van der Waals surface area contributed by atoms with Gasteiger partial charge in [-0.2, -0.15) is 0 Å². The smallest absolute Gasteiger partial charge is 0.336 e. The summed E-state index contributed by atoms with van der Waals surface area (Å²) in [5, 5.41) is 39.4. The zero-order chi connectivity index (χ0) is 17.4. The number of benzene rings is 1. The fourth-order valence-corrected chi connectivity index (χ4v) is 2.68. The molecule has 1 aromatic heterocycles. The summed E-state index contributed by atoms with van der Waals surface area (Å²) in [4.78, 5) is 11.5. The number of rotatable bonds is 3. The molecule has 1 aromatic carbocycles. The van der Waals surface area contributed by atoms with Crippen LogP contribution in [0.2, 0.25) is 0 Å². The molecule has 0 bridgehead atoms. The summed E-state index contributed by atoms with van der Waals surface area (Å²) in [5.41, 5.74) is 0.563. The van der Waals surface area contributed by atoms with Crippen LogP contribution in [0.15, 0.2) is 33.5 Å². The average molecular weight is 338 g/mol. The summed E-state index contributed by atoms with van der Waals surface area (Å²) < 4.78 is 15.9. The molecule has 1 fully saturated rings. The van der Waals surface area contributed by atoms with Crippen molar-refractivity contribution in [1.29, 1.82) is 0 Å². The highest BCUT2D eigenvalue weighted by Gasteiger charge is 2.44. The van der Waals surface area contributed by atoms with Crippen LogP contribution in [0.25, 0.3) is 11.0 Å². The Kier molecular flexibility index (Phi) is 4.57. The van der Waals surface area contributed by atoms with E-state index < -0.39 is 42.9 Å². The van der Waals surface area contributed by atoms with Crippen molar-refractivity contribution < 1.29 is 34.3 Å². The van der Waals surface area contributed by atoms with E-state index >= 15 is 0 Å². The quantitative estimate of drug-likeness (QED) is 0.540. The van der Waals surface area contributed by atoms with Gasteiger partial charge in [0.15, 0.2) is 0 Å². The maximum Gasteiger partial charge on any atom is 0.336 e. The van der Waals surface area contributed by atoms with Crippen molar-refractivity contribution in [2.24, 2.45) is 0 Å². The molecule has 0 aliphatic carbocycles. The Morgan fingerprint density at radius 3 is 2.58 bits per heavy atom. The lowest BCUT2D eigenvalue weighted by molar-refractivity contribution is -0.277. The van der Waals surface area contributed by atoms with Gasteiger partial charge in [-0.3, -0.25) is 0 Å². The zero-order valence-corrected chi connectivity index (χ0v) is 12.8. The first-order chi connectivity index (χ1) is 11.4. The molecule has 1 saturated heterocycles. The van der Waals surface area contributed by atoms with Crippen LogP contribution in [0.5, 0.6) is 5.75 Å². The van der Waals surface area contributed by atoms with Crippen molar-refractivity contribution in [1.82, 2.24) is 0 Å². The highest BCUT2D eigenvalue weighted by atomic mass is 16.7. The predicted octanol–water partition coefficient (Wildman–Crippen LogP) is -0.720. The third-order valence-electron chi connectivity index (χ3n) is 4.02. The Morgan fingerprint density at radius 1 is 1.12 bits per heavy atom. The number of aryl methyl sites for hydroxylation is 1. The van der Waals surface area contributed by atoms with Crippen LogP contribution in [0.3, 0.4) is 0 Å². The topological polar surface area (TPSA) is 130 Å². The van der Waals surface area contributed by atoms with Crippen LogP contribution >= 0.6 is 0 Å². The van der Waals surface area contributed by atoms with Crippen LogP contribution in [-0.4, -0.2) is 57.7 Å². The second kappa shape index (κ2) is 6.50. The molecule has 2 heterocycles.